The van der Waals surface area contributed by atoms with Crippen molar-refractivity contribution < 1.29 is 0 Å². The molecule has 1 heterocycles. The first-order valence-electron chi connectivity index (χ1n) is 3.86. The Morgan fingerprint density at radius 2 is 2.46 bits per heavy atom. The monoisotopic (exact) mass is 193 g/mol. The molecule has 0 fully saturated rings. The van der Waals surface area contributed by atoms with Crippen LogP contribution in [0.1, 0.15) is 6.92 Å². The van der Waals surface area contributed by atoms with Crippen molar-refractivity contribution in [1.29, 1.82) is 0 Å². The Balaban J connectivity index is 2.60. The van der Waals surface area contributed by atoms with Crippen LogP contribution in [-0.2, 0) is 0 Å². The van der Waals surface area contributed by atoms with Gasteiger partial charge in [-0.25, -0.2) is 9.97 Å². The summed E-state index contributed by atoms with van der Waals surface area (Å²) in [5.74, 6) is 0. The van der Waals surface area contributed by atoms with Gasteiger partial charge in [-0.15, -0.1) is 0 Å². The second-order valence-electron chi connectivity index (χ2n) is 2.33. The average molecular weight is 193 g/mol. The predicted molar refractivity (Wildman–Crippen MR) is 56.1 cm³/mol. The highest BCUT2D eigenvalue weighted by molar-refractivity contribution is 8.03. The van der Waals surface area contributed by atoms with Crippen molar-refractivity contribution in [2.24, 2.45) is 4.99 Å². The molecule has 0 aliphatic heterocycles. The Morgan fingerprint density at radius 1 is 1.62 bits per heavy atom. The molecule has 1 aromatic heterocycles. The lowest BCUT2D eigenvalue weighted by Gasteiger charge is -1.97. The molecule has 0 aliphatic rings. The lowest BCUT2D eigenvalue weighted by molar-refractivity contribution is 1.05. The number of allylic oxidation sites excluding steroid dienone is 2. The molecular formula is C9H11N3S. The van der Waals surface area contributed by atoms with Crippen LogP contribution in [-0.4, -0.2) is 23.2 Å². The van der Waals surface area contributed by atoms with E-state index in [0.717, 1.165) is 9.93 Å². The number of hydrogen-bond acceptors (Lipinski definition) is 4. The first kappa shape index (κ1) is 9.92. The summed E-state index contributed by atoms with van der Waals surface area (Å²) in [5.41, 5.74) is 0. The first-order valence-corrected chi connectivity index (χ1v) is 4.67. The van der Waals surface area contributed by atoms with Gasteiger partial charge in [0.05, 0.1) is 0 Å². The highest BCUT2D eigenvalue weighted by Crippen LogP contribution is 2.22. The molecule has 0 N–H and O–H groups in total. The SMILES string of the molecule is C/N=C\C=C(C)Sc1ccncn1. The summed E-state index contributed by atoms with van der Waals surface area (Å²) in [6.07, 6.45) is 7.00. The van der Waals surface area contributed by atoms with E-state index in [1.807, 2.05) is 19.1 Å². The molecular weight excluding hydrogens is 182 g/mol. The van der Waals surface area contributed by atoms with E-state index in [9.17, 15) is 0 Å². The molecule has 0 bridgehead atoms. The van der Waals surface area contributed by atoms with Gasteiger partial charge in [-0.05, 0) is 24.0 Å². The molecule has 0 aliphatic carbocycles. The molecule has 1 rings (SSSR count). The molecule has 0 aromatic carbocycles. The number of hydrogen-bond donors (Lipinski definition) is 0. The number of aromatic nitrogens is 2. The fourth-order valence-corrected chi connectivity index (χ4v) is 1.40. The molecule has 0 radical (unpaired) electrons. The highest BCUT2D eigenvalue weighted by atomic mass is 32.2. The van der Waals surface area contributed by atoms with Crippen molar-refractivity contribution in [2.45, 2.75) is 11.9 Å². The van der Waals surface area contributed by atoms with Gasteiger partial charge in [-0.2, -0.15) is 0 Å². The van der Waals surface area contributed by atoms with Gasteiger partial charge in [0.25, 0.3) is 0 Å². The molecule has 3 nitrogen and oxygen atoms in total. The van der Waals surface area contributed by atoms with Gasteiger partial charge in [0.15, 0.2) is 0 Å². The maximum Gasteiger partial charge on any atom is 0.116 e. The quantitative estimate of drug-likeness (QED) is 0.419. The highest BCUT2D eigenvalue weighted by Gasteiger charge is 1.94. The smallest absolute Gasteiger partial charge is 0.116 e. The predicted octanol–water partition coefficient (Wildman–Crippen LogP) is 2.17. The van der Waals surface area contributed by atoms with Crippen molar-refractivity contribution in [3.63, 3.8) is 0 Å². The van der Waals surface area contributed by atoms with Gasteiger partial charge in [0, 0.05) is 19.5 Å². The van der Waals surface area contributed by atoms with Crippen LogP contribution in [0.3, 0.4) is 0 Å². The summed E-state index contributed by atoms with van der Waals surface area (Å²) in [5, 5.41) is 0.952. The zero-order valence-electron chi connectivity index (χ0n) is 7.64. The minimum atomic E-state index is 0.952. The minimum absolute atomic E-state index is 0.952. The van der Waals surface area contributed by atoms with Gasteiger partial charge >= 0.3 is 0 Å². The van der Waals surface area contributed by atoms with Crippen molar-refractivity contribution in [3.05, 3.63) is 29.6 Å². The molecule has 4 heteroatoms. The van der Waals surface area contributed by atoms with E-state index in [-0.39, 0.29) is 0 Å². The fourth-order valence-electron chi connectivity index (χ4n) is 0.717. The van der Waals surface area contributed by atoms with E-state index in [4.69, 9.17) is 0 Å². The Kier molecular flexibility index (Phi) is 4.18. The Morgan fingerprint density at radius 3 is 3.08 bits per heavy atom. The molecule has 1 aromatic rings. The number of aliphatic imine (C=N–C) groups is 1. The van der Waals surface area contributed by atoms with Gasteiger partial charge in [0.2, 0.25) is 0 Å². The third kappa shape index (κ3) is 3.85. The van der Waals surface area contributed by atoms with E-state index in [1.54, 1.807) is 37.5 Å². The topological polar surface area (TPSA) is 38.1 Å². The number of rotatable bonds is 3. The lowest BCUT2D eigenvalue weighted by atomic mass is 10.5. The van der Waals surface area contributed by atoms with Gasteiger partial charge in [-0.1, -0.05) is 11.8 Å². The number of nitrogens with zero attached hydrogens (tertiary/aromatic N) is 3. The third-order valence-electron chi connectivity index (χ3n) is 1.28. The lowest BCUT2D eigenvalue weighted by Crippen LogP contribution is -1.80. The van der Waals surface area contributed by atoms with Crippen LogP contribution in [0.25, 0.3) is 0 Å². The van der Waals surface area contributed by atoms with Crippen molar-refractivity contribution >= 4 is 18.0 Å². The molecule has 0 spiro atoms. The molecule has 0 amide bonds. The van der Waals surface area contributed by atoms with E-state index >= 15 is 0 Å². The van der Waals surface area contributed by atoms with Crippen LogP contribution in [0.15, 0.2) is 39.6 Å². The second kappa shape index (κ2) is 5.48. The standard InChI is InChI=1S/C9H11N3S/c1-8(3-5-10-2)13-9-4-6-11-7-12-9/h3-7H,1-2H3/b8-3?,10-5-. The van der Waals surface area contributed by atoms with E-state index in [0.29, 0.717) is 0 Å². The Hall–Kier alpha value is -1.16. The zero-order chi connectivity index (χ0) is 9.52. The molecule has 0 atom stereocenters. The molecule has 68 valence electrons. The van der Waals surface area contributed by atoms with Crippen LogP contribution >= 0.6 is 11.8 Å². The first-order chi connectivity index (χ1) is 6.33. The minimum Gasteiger partial charge on any atom is -0.296 e. The van der Waals surface area contributed by atoms with Gasteiger partial charge in [-0.3, -0.25) is 4.99 Å². The normalized spacial score (nSPS) is 12.3. The molecule has 0 unspecified atom stereocenters. The van der Waals surface area contributed by atoms with Gasteiger partial charge in [0.1, 0.15) is 11.4 Å². The van der Waals surface area contributed by atoms with Crippen LogP contribution in [0.2, 0.25) is 0 Å². The van der Waals surface area contributed by atoms with Crippen LogP contribution < -0.4 is 0 Å². The van der Waals surface area contributed by atoms with Gasteiger partial charge < -0.3 is 0 Å². The van der Waals surface area contributed by atoms with Crippen molar-refractivity contribution in [3.8, 4) is 0 Å². The fraction of sp³-hybridized carbons (Fsp3) is 0.222. The summed E-state index contributed by atoms with van der Waals surface area (Å²) in [4.78, 5) is 13.0. The van der Waals surface area contributed by atoms with E-state index < -0.39 is 0 Å². The number of thioether (sulfide) groups is 1. The zero-order valence-corrected chi connectivity index (χ0v) is 8.45. The molecule has 0 saturated carbocycles. The maximum absolute atomic E-state index is 4.09. The average Bonchev–Trinajstić information content (AvgIpc) is 2.16. The van der Waals surface area contributed by atoms with Crippen LogP contribution in [0.4, 0.5) is 0 Å². The summed E-state index contributed by atoms with van der Waals surface area (Å²) >= 11 is 1.60. The molecule has 0 saturated heterocycles. The summed E-state index contributed by atoms with van der Waals surface area (Å²) in [6, 6.07) is 1.88. The second-order valence-corrected chi connectivity index (χ2v) is 3.60. The Labute approximate surface area is 82.0 Å². The molecule has 13 heavy (non-hydrogen) atoms. The van der Waals surface area contributed by atoms with Crippen LogP contribution in [0.5, 0.6) is 0 Å². The van der Waals surface area contributed by atoms with Crippen molar-refractivity contribution in [1.82, 2.24) is 9.97 Å². The maximum atomic E-state index is 4.09. The summed E-state index contributed by atoms with van der Waals surface area (Å²) in [6.45, 7) is 2.02. The summed E-state index contributed by atoms with van der Waals surface area (Å²) in [7, 11) is 1.75. The van der Waals surface area contributed by atoms with E-state index in [1.165, 1.54) is 0 Å². The Bertz CT molecular complexity index is 306. The largest absolute Gasteiger partial charge is 0.296 e. The third-order valence-corrected chi connectivity index (χ3v) is 2.19. The van der Waals surface area contributed by atoms with Crippen molar-refractivity contribution in [2.75, 3.05) is 7.05 Å². The van der Waals surface area contributed by atoms with E-state index in [2.05, 4.69) is 15.0 Å². The van der Waals surface area contributed by atoms with Crippen LogP contribution in [0, 0.1) is 0 Å². The summed E-state index contributed by atoms with van der Waals surface area (Å²) < 4.78 is 0.